The van der Waals surface area contributed by atoms with E-state index in [9.17, 15) is 18.0 Å². The monoisotopic (exact) mass is 553 g/mol. The summed E-state index contributed by atoms with van der Waals surface area (Å²) in [6.45, 7) is 6.80. The van der Waals surface area contributed by atoms with Gasteiger partial charge in [-0.15, -0.1) is 0 Å². The molecule has 1 atom stereocenters. The van der Waals surface area contributed by atoms with Crippen LogP contribution in [0.3, 0.4) is 0 Å². The first-order chi connectivity index (χ1) is 15.8. The van der Waals surface area contributed by atoms with Crippen LogP contribution in [0.1, 0.15) is 31.9 Å². The normalized spacial score (nSPS) is 12.2. The molecule has 0 aliphatic carbocycles. The quantitative estimate of drug-likeness (QED) is 0.486. The van der Waals surface area contributed by atoms with Gasteiger partial charge in [0, 0.05) is 17.1 Å². The first kappa shape index (κ1) is 27.7. The van der Waals surface area contributed by atoms with Crippen molar-refractivity contribution in [1.29, 1.82) is 0 Å². The third-order valence-corrected chi connectivity index (χ3v) is 7.22. The predicted octanol–water partition coefficient (Wildman–Crippen LogP) is 3.47. The Hall–Kier alpha value is -2.59. The van der Waals surface area contributed by atoms with Crippen molar-refractivity contribution in [2.45, 2.75) is 46.3 Å². The minimum absolute atomic E-state index is 0.109. The van der Waals surface area contributed by atoms with Gasteiger partial charge >= 0.3 is 0 Å². The van der Waals surface area contributed by atoms with Gasteiger partial charge < -0.3 is 15.0 Å². The first-order valence-corrected chi connectivity index (χ1v) is 13.4. The van der Waals surface area contributed by atoms with Crippen LogP contribution in [0.4, 0.5) is 5.69 Å². The fraction of sp³-hybridized carbons (Fsp3) is 0.417. The fourth-order valence-corrected chi connectivity index (χ4v) is 4.44. The van der Waals surface area contributed by atoms with E-state index in [1.165, 1.54) is 4.90 Å². The van der Waals surface area contributed by atoms with Crippen molar-refractivity contribution in [2.24, 2.45) is 0 Å². The van der Waals surface area contributed by atoms with Gasteiger partial charge in [0.2, 0.25) is 21.8 Å². The Morgan fingerprint density at radius 1 is 1.12 bits per heavy atom. The molecule has 2 aromatic rings. The van der Waals surface area contributed by atoms with Crippen molar-refractivity contribution in [1.82, 2.24) is 10.2 Å². The summed E-state index contributed by atoms with van der Waals surface area (Å²) in [5.74, 6) is -0.204. The Bertz CT molecular complexity index is 1140. The summed E-state index contributed by atoms with van der Waals surface area (Å²) in [4.78, 5) is 27.7. The third-order valence-electron chi connectivity index (χ3n) is 5.19. The van der Waals surface area contributed by atoms with Gasteiger partial charge in [0.05, 0.1) is 19.1 Å². The van der Waals surface area contributed by atoms with E-state index in [-0.39, 0.29) is 18.5 Å². The lowest BCUT2D eigenvalue weighted by Gasteiger charge is -2.32. The number of ether oxygens (including phenoxy) is 1. The number of carbonyl (C=O) groups is 2. The third kappa shape index (κ3) is 7.46. The molecule has 0 bridgehead atoms. The number of rotatable bonds is 10. The molecule has 0 aliphatic rings. The number of hydrogen-bond acceptors (Lipinski definition) is 5. The second-order valence-corrected chi connectivity index (χ2v) is 11.2. The van der Waals surface area contributed by atoms with Crippen LogP contribution in [0.15, 0.2) is 46.9 Å². The predicted molar refractivity (Wildman–Crippen MR) is 137 cm³/mol. The zero-order valence-electron chi connectivity index (χ0n) is 20.3. The van der Waals surface area contributed by atoms with E-state index in [0.29, 0.717) is 11.4 Å². The van der Waals surface area contributed by atoms with Gasteiger partial charge in [-0.25, -0.2) is 8.42 Å². The highest BCUT2D eigenvalue weighted by atomic mass is 79.9. The number of halogens is 1. The van der Waals surface area contributed by atoms with E-state index in [2.05, 4.69) is 21.2 Å². The average Bonchev–Trinajstić information content (AvgIpc) is 2.76. The van der Waals surface area contributed by atoms with E-state index in [1.807, 2.05) is 26.8 Å². The highest BCUT2D eigenvalue weighted by Gasteiger charge is 2.30. The van der Waals surface area contributed by atoms with Gasteiger partial charge in [-0.1, -0.05) is 28.1 Å². The first-order valence-electron chi connectivity index (χ1n) is 10.8. The van der Waals surface area contributed by atoms with Crippen LogP contribution in [-0.4, -0.2) is 57.1 Å². The van der Waals surface area contributed by atoms with Crippen LogP contribution < -0.4 is 14.4 Å². The SMILES string of the molecule is COc1cccc(CN(C(=O)CN(c2ccc(Br)c(C)c2)S(C)(=O)=O)[C@H](C)C(=O)NC(C)C)c1. The molecule has 2 amide bonds. The molecule has 1 N–H and O–H groups in total. The molecule has 0 aliphatic heterocycles. The smallest absolute Gasteiger partial charge is 0.244 e. The van der Waals surface area contributed by atoms with Gasteiger partial charge in [0.25, 0.3) is 0 Å². The van der Waals surface area contributed by atoms with Crippen LogP contribution in [0.25, 0.3) is 0 Å². The number of nitrogens with zero attached hydrogens (tertiary/aromatic N) is 2. The molecule has 0 spiro atoms. The van der Waals surface area contributed by atoms with Crippen LogP contribution >= 0.6 is 15.9 Å². The number of aryl methyl sites for hydroxylation is 1. The summed E-state index contributed by atoms with van der Waals surface area (Å²) in [7, 11) is -2.23. The largest absolute Gasteiger partial charge is 0.497 e. The lowest BCUT2D eigenvalue weighted by Crippen LogP contribution is -2.52. The molecule has 0 saturated carbocycles. The summed E-state index contributed by atoms with van der Waals surface area (Å²) in [5.41, 5.74) is 1.95. The van der Waals surface area contributed by atoms with Gasteiger partial charge in [-0.05, 0) is 69.2 Å². The van der Waals surface area contributed by atoms with Gasteiger partial charge in [-0.2, -0.15) is 0 Å². The number of amides is 2. The zero-order chi connectivity index (χ0) is 25.6. The molecule has 0 aromatic heterocycles. The average molecular weight is 555 g/mol. The number of methoxy groups -OCH3 is 1. The maximum absolute atomic E-state index is 13.5. The highest BCUT2D eigenvalue weighted by molar-refractivity contribution is 9.10. The minimum atomic E-state index is -3.77. The summed E-state index contributed by atoms with van der Waals surface area (Å²) < 4.78 is 32.4. The maximum Gasteiger partial charge on any atom is 0.244 e. The molecular formula is C24H32BrN3O5S. The second kappa shape index (κ2) is 11.7. The number of nitrogens with one attached hydrogen (secondary N) is 1. The summed E-state index contributed by atoms with van der Waals surface area (Å²) in [6.07, 6.45) is 1.05. The number of sulfonamides is 1. The Kier molecular flexibility index (Phi) is 9.52. The van der Waals surface area contributed by atoms with Crippen molar-refractivity contribution in [3.8, 4) is 5.75 Å². The van der Waals surface area contributed by atoms with Crippen molar-refractivity contribution >= 4 is 43.5 Å². The lowest BCUT2D eigenvalue weighted by molar-refractivity contribution is -0.139. The van der Waals surface area contributed by atoms with Crippen molar-refractivity contribution < 1.29 is 22.7 Å². The fourth-order valence-electron chi connectivity index (χ4n) is 3.35. The Morgan fingerprint density at radius 3 is 2.35 bits per heavy atom. The van der Waals surface area contributed by atoms with Crippen LogP contribution in [0.5, 0.6) is 5.75 Å². The summed E-state index contributed by atoms with van der Waals surface area (Å²) in [6, 6.07) is 11.3. The van der Waals surface area contributed by atoms with Crippen molar-refractivity contribution in [3.05, 3.63) is 58.1 Å². The molecule has 10 heteroatoms. The molecule has 2 aromatic carbocycles. The van der Waals surface area contributed by atoms with E-state index in [4.69, 9.17) is 4.74 Å². The van der Waals surface area contributed by atoms with Crippen molar-refractivity contribution in [3.63, 3.8) is 0 Å². The Morgan fingerprint density at radius 2 is 1.79 bits per heavy atom. The summed E-state index contributed by atoms with van der Waals surface area (Å²) in [5, 5.41) is 2.82. The lowest BCUT2D eigenvalue weighted by atomic mass is 10.1. The number of anilines is 1. The van der Waals surface area contributed by atoms with Crippen LogP contribution in [-0.2, 0) is 26.2 Å². The molecule has 0 heterocycles. The second-order valence-electron chi connectivity index (χ2n) is 8.42. The Labute approximate surface area is 210 Å². The van der Waals surface area contributed by atoms with E-state index >= 15 is 0 Å². The Balaban J connectivity index is 2.42. The zero-order valence-corrected chi connectivity index (χ0v) is 22.7. The molecule has 8 nitrogen and oxygen atoms in total. The molecule has 2 rings (SSSR count). The number of benzene rings is 2. The summed E-state index contributed by atoms with van der Waals surface area (Å²) >= 11 is 3.41. The molecular weight excluding hydrogens is 522 g/mol. The molecule has 0 radical (unpaired) electrons. The van der Waals surface area contributed by atoms with E-state index in [1.54, 1.807) is 50.4 Å². The highest BCUT2D eigenvalue weighted by Crippen LogP contribution is 2.25. The van der Waals surface area contributed by atoms with Crippen LogP contribution in [0, 0.1) is 6.92 Å². The van der Waals surface area contributed by atoms with Gasteiger partial charge in [-0.3, -0.25) is 13.9 Å². The van der Waals surface area contributed by atoms with Crippen molar-refractivity contribution in [2.75, 3.05) is 24.2 Å². The van der Waals surface area contributed by atoms with E-state index in [0.717, 1.165) is 26.2 Å². The minimum Gasteiger partial charge on any atom is -0.497 e. The standard InChI is InChI=1S/C24H32BrN3O5S/c1-16(2)26-24(30)18(4)27(14-19-8-7-9-21(13-19)33-5)23(29)15-28(34(6,31)32)20-10-11-22(25)17(3)12-20/h7-13,16,18H,14-15H2,1-6H3,(H,26,30)/t18-/m1/s1. The van der Waals surface area contributed by atoms with Gasteiger partial charge in [0.15, 0.2) is 0 Å². The molecule has 0 fully saturated rings. The number of carbonyl (C=O) groups excluding carboxylic acids is 2. The molecule has 0 unspecified atom stereocenters. The maximum atomic E-state index is 13.5. The van der Waals surface area contributed by atoms with Gasteiger partial charge in [0.1, 0.15) is 18.3 Å². The topological polar surface area (TPSA) is 96.0 Å². The van der Waals surface area contributed by atoms with E-state index < -0.39 is 28.5 Å². The molecule has 0 saturated heterocycles. The molecule has 186 valence electrons. The van der Waals surface area contributed by atoms with Crippen LogP contribution in [0.2, 0.25) is 0 Å². The number of hydrogen-bond donors (Lipinski definition) is 1. The molecule has 34 heavy (non-hydrogen) atoms.